The average molecular weight is 343 g/mol. The Hall–Kier alpha value is -1.93. The van der Waals surface area contributed by atoms with Crippen molar-refractivity contribution in [1.29, 1.82) is 0 Å². The van der Waals surface area contributed by atoms with Crippen molar-refractivity contribution in [3.8, 4) is 0 Å². The lowest BCUT2D eigenvalue weighted by Crippen LogP contribution is -2.43. The molecule has 8 heteroatoms. The molecule has 0 saturated heterocycles. The quantitative estimate of drug-likeness (QED) is 0.722. The van der Waals surface area contributed by atoms with E-state index in [0.29, 0.717) is 5.56 Å². The standard InChI is InChI=1S/C15H21NO6S/c1-15(2,3)22-13(17)9-12(14(18)19)16-23(20,21)10-11-7-5-4-6-8-11/h4-8,12,16H,9-10H2,1-3H3,(H,18,19)/t12-/m1/s1. The summed E-state index contributed by atoms with van der Waals surface area (Å²) in [6.07, 6.45) is -0.583. The fourth-order valence-electron chi connectivity index (χ4n) is 1.78. The minimum atomic E-state index is -3.91. The van der Waals surface area contributed by atoms with Crippen molar-refractivity contribution in [2.45, 2.75) is 44.6 Å². The summed E-state index contributed by atoms with van der Waals surface area (Å²) >= 11 is 0. The number of carbonyl (C=O) groups is 2. The number of rotatable bonds is 7. The van der Waals surface area contributed by atoms with E-state index in [1.807, 2.05) is 4.72 Å². The van der Waals surface area contributed by atoms with Gasteiger partial charge in [-0.1, -0.05) is 30.3 Å². The van der Waals surface area contributed by atoms with Crippen LogP contribution in [0.25, 0.3) is 0 Å². The van der Waals surface area contributed by atoms with E-state index in [1.165, 1.54) is 0 Å². The minimum absolute atomic E-state index is 0.369. The van der Waals surface area contributed by atoms with Gasteiger partial charge in [0.1, 0.15) is 11.6 Å². The van der Waals surface area contributed by atoms with Gasteiger partial charge < -0.3 is 9.84 Å². The van der Waals surface area contributed by atoms with E-state index in [1.54, 1.807) is 51.1 Å². The fraction of sp³-hybridized carbons (Fsp3) is 0.467. The Bertz CT molecular complexity index is 648. The molecule has 0 radical (unpaired) electrons. The topological polar surface area (TPSA) is 110 Å². The molecule has 23 heavy (non-hydrogen) atoms. The van der Waals surface area contributed by atoms with Gasteiger partial charge in [0, 0.05) is 0 Å². The summed E-state index contributed by atoms with van der Waals surface area (Å²) in [6, 6.07) is 6.76. The van der Waals surface area contributed by atoms with Crippen molar-refractivity contribution in [3.05, 3.63) is 35.9 Å². The summed E-state index contributed by atoms with van der Waals surface area (Å²) < 4.78 is 31.2. The van der Waals surface area contributed by atoms with E-state index in [0.717, 1.165) is 0 Å². The molecule has 0 saturated carbocycles. The third-order valence-electron chi connectivity index (χ3n) is 2.61. The lowest BCUT2D eigenvalue weighted by atomic mass is 10.2. The number of aliphatic carboxylic acids is 1. The zero-order valence-electron chi connectivity index (χ0n) is 13.3. The van der Waals surface area contributed by atoms with Gasteiger partial charge in [0.25, 0.3) is 0 Å². The molecule has 0 aliphatic heterocycles. The number of hydrogen-bond donors (Lipinski definition) is 2. The number of esters is 1. The van der Waals surface area contributed by atoms with Crippen LogP contribution in [0, 0.1) is 0 Å². The molecule has 0 heterocycles. The fourth-order valence-corrected chi connectivity index (χ4v) is 3.11. The van der Waals surface area contributed by atoms with Gasteiger partial charge in [-0.25, -0.2) is 13.1 Å². The van der Waals surface area contributed by atoms with E-state index in [9.17, 15) is 18.0 Å². The normalized spacial score (nSPS) is 13.3. The van der Waals surface area contributed by atoms with Crippen LogP contribution in [0.3, 0.4) is 0 Å². The number of carbonyl (C=O) groups excluding carboxylic acids is 1. The maximum Gasteiger partial charge on any atom is 0.322 e. The van der Waals surface area contributed by atoms with Gasteiger partial charge in [0.2, 0.25) is 10.0 Å². The molecule has 0 spiro atoms. The second kappa shape index (κ2) is 7.56. The summed E-state index contributed by atoms with van der Waals surface area (Å²) in [6.45, 7) is 4.92. The van der Waals surface area contributed by atoms with Gasteiger partial charge in [-0.05, 0) is 26.3 Å². The molecular weight excluding hydrogens is 322 g/mol. The second-order valence-electron chi connectivity index (χ2n) is 6.04. The zero-order chi connectivity index (χ0) is 17.7. The first-order valence-corrected chi connectivity index (χ1v) is 8.62. The highest BCUT2D eigenvalue weighted by Gasteiger charge is 2.29. The molecule has 0 amide bonds. The number of ether oxygens (including phenoxy) is 1. The molecule has 1 atom stereocenters. The lowest BCUT2D eigenvalue weighted by Gasteiger charge is -2.21. The number of hydrogen-bond acceptors (Lipinski definition) is 5. The van der Waals surface area contributed by atoms with E-state index >= 15 is 0 Å². The number of sulfonamides is 1. The van der Waals surface area contributed by atoms with Crippen LogP contribution >= 0.6 is 0 Å². The molecule has 2 N–H and O–H groups in total. The second-order valence-corrected chi connectivity index (χ2v) is 7.80. The molecule has 0 aliphatic carbocycles. The highest BCUT2D eigenvalue weighted by atomic mass is 32.2. The molecule has 0 bridgehead atoms. The summed E-state index contributed by atoms with van der Waals surface area (Å²) in [7, 11) is -3.91. The van der Waals surface area contributed by atoms with Gasteiger partial charge in [-0.2, -0.15) is 0 Å². The van der Waals surface area contributed by atoms with Gasteiger partial charge in [0.15, 0.2) is 0 Å². The Morgan fingerprint density at radius 1 is 1.22 bits per heavy atom. The van der Waals surface area contributed by atoms with Gasteiger partial charge >= 0.3 is 11.9 Å². The zero-order valence-corrected chi connectivity index (χ0v) is 14.1. The van der Waals surface area contributed by atoms with E-state index in [2.05, 4.69) is 0 Å². The van der Waals surface area contributed by atoms with Crippen molar-refractivity contribution in [3.63, 3.8) is 0 Å². The summed E-state index contributed by atoms with van der Waals surface area (Å²) in [4.78, 5) is 22.9. The molecule has 0 aromatic heterocycles. The smallest absolute Gasteiger partial charge is 0.322 e. The van der Waals surface area contributed by atoms with Crippen molar-refractivity contribution < 1.29 is 27.9 Å². The summed E-state index contributed by atoms with van der Waals surface area (Å²) in [5, 5.41) is 9.12. The van der Waals surface area contributed by atoms with Crippen LogP contribution in [0.4, 0.5) is 0 Å². The Morgan fingerprint density at radius 3 is 2.26 bits per heavy atom. The highest BCUT2D eigenvalue weighted by molar-refractivity contribution is 7.88. The third-order valence-corrected chi connectivity index (χ3v) is 3.97. The number of carboxylic acids is 1. The molecule has 1 aromatic carbocycles. The molecule has 1 aromatic rings. The monoisotopic (exact) mass is 343 g/mol. The average Bonchev–Trinajstić information content (AvgIpc) is 2.35. The van der Waals surface area contributed by atoms with Gasteiger partial charge in [-0.15, -0.1) is 0 Å². The van der Waals surface area contributed by atoms with E-state index in [4.69, 9.17) is 9.84 Å². The Kier molecular flexibility index (Phi) is 6.28. The van der Waals surface area contributed by atoms with Crippen LogP contribution in [0.5, 0.6) is 0 Å². The van der Waals surface area contributed by atoms with Crippen LogP contribution in [0.1, 0.15) is 32.8 Å². The van der Waals surface area contributed by atoms with Crippen LogP contribution in [-0.4, -0.2) is 37.1 Å². The van der Waals surface area contributed by atoms with E-state index in [-0.39, 0.29) is 5.75 Å². The molecule has 0 aliphatic rings. The maximum atomic E-state index is 12.1. The van der Waals surface area contributed by atoms with Crippen molar-refractivity contribution in [2.24, 2.45) is 0 Å². The van der Waals surface area contributed by atoms with Crippen molar-refractivity contribution >= 4 is 22.0 Å². The predicted molar refractivity (Wildman–Crippen MR) is 84.1 cm³/mol. The Balaban J connectivity index is 2.75. The summed E-state index contributed by atoms with van der Waals surface area (Å²) in [5.41, 5.74) is -0.260. The molecule has 0 fully saturated rings. The Morgan fingerprint density at radius 2 is 1.78 bits per heavy atom. The predicted octanol–water partition coefficient (Wildman–Crippen LogP) is 1.29. The first kappa shape index (κ1) is 19.1. The first-order chi connectivity index (χ1) is 10.5. The van der Waals surface area contributed by atoms with Gasteiger partial charge in [0.05, 0.1) is 12.2 Å². The van der Waals surface area contributed by atoms with E-state index < -0.39 is 40.0 Å². The molecule has 1 rings (SSSR count). The van der Waals surface area contributed by atoms with Crippen LogP contribution in [0.2, 0.25) is 0 Å². The number of nitrogens with one attached hydrogen (secondary N) is 1. The molecular formula is C15H21NO6S. The van der Waals surface area contributed by atoms with Gasteiger partial charge in [-0.3, -0.25) is 9.59 Å². The molecule has 128 valence electrons. The SMILES string of the molecule is CC(C)(C)OC(=O)C[C@@H](NS(=O)(=O)Cc1ccccc1)C(=O)O. The first-order valence-electron chi connectivity index (χ1n) is 6.97. The largest absolute Gasteiger partial charge is 0.480 e. The van der Waals surface area contributed by atoms with Crippen molar-refractivity contribution in [2.75, 3.05) is 0 Å². The lowest BCUT2D eigenvalue weighted by molar-refractivity contribution is -0.158. The van der Waals surface area contributed by atoms with Crippen molar-refractivity contribution in [1.82, 2.24) is 4.72 Å². The maximum absolute atomic E-state index is 12.1. The number of benzene rings is 1. The Labute approximate surface area is 135 Å². The van der Waals surface area contributed by atoms with Crippen LogP contribution < -0.4 is 4.72 Å². The molecule has 0 unspecified atom stereocenters. The molecule has 7 nitrogen and oxygen atoms in total. The van der Waals surface area contributed by atoms with Crippen LogP contribution in [-0.2, 0) is 30.1 Å². The third kappa shape index (κ3) is 7.75. The highest BCUT2D eigenvalue weighted by Crippen LogP contribution is 2.11. The van der Waals surface area contributed by atoms with Crippen LogP contribution in [0.15, 0.2) is 30.3 Å². The minimum Gasteiger partial charge on any atom is -0.480 e. The number of carboxylic acid groups (broad SMARTS) is 1. The summed E-state index contributed by atoms with van der Waals surface area (Å²) in [5.74, 6) is -2.59.